The topological polar surface area (TPSA) is 122 Å². The molecule has 11 heteroatoms. The molecule has 1 saturated heterocycles. The molecule has 2 aromatic heterocycles. The standard InChI is InChI=1S/C26H30N6O.C8H8FNO.C2H6.C2H2.CH3N/c1-5-19-14-22-21(15-23(19)33-4)24-25(30-22)27-16-28-26(24)32-12-10-31(11-13-32)18(3)29-20-8-6-17(2)7-9-20;1-10-8(11)6-2-4-7(9)5-3-6;3*1-2/h6-9,14-16,29H,3,5,10-13H2,1-2,4H3,(H,27,28,30);2-5H,1H3,(H,10,11);1-2H3;1-2H;2H,1H2. The number of aryl methyl sites for hydroxylation is 2. The molecule has 0 atom stereocenters. The number of ether oxygens (including phenoxy) is 1. The lowest BCUT2D eigenvalue weighted by Crippen LogP contribution is -2.47. The van der Waals surface area contributed by atoms with Crippen LogP contribution in [0, 0.1) is 31.0 Å². The van der Waals surface area contributed by atoms with Gasteiger partial charge in [0.2, 0.25) is 0 Å². The van der Waals surface area contributed by atoms with Gasteiger partial charge in [0.25, 0.3) is 5.91 Å². The first-order valence-corrected chi connectivity index (χ1v) is 16.3. The molecule has 3 aromatic carbocycles. The first-order valence-electron chi connectivity index (χ1n) is 16.3. The Bertz CT molecular complexity index is 1830. The van der Waals surface area contributed by atoms with Crippen molar-refractivity contribution in [2.24, 2.45) is 0 Å². The molecule has 0 spiro atoms. The van der Waals surface area contributed by atoms with E-state index in [4.69, 9.17) is 15.1 Å². The number of carbonyl (C=O) groups excluding carboxylic acids is 1. The Balaban J connectivity index is 0.000000429. The zero-order valence-electron chi connectivity index (χ0n) is 29.9. The number of nitrogens with one attached hydrogen (secondary N) is 4. The van der Waals surface area contributed by atoms with E-state index in [0.29, 0.717) is 5.56 Å². The highest BCUT2D eigenvalue weighted by molar-refractivity contribution is 6.11. The molecule has 0 bridgehead atoms. The SMILES string of the molecule is C#C.C=C(Nc1ccc(C)cc1)N1CCN(c2ncnc3[nH]c4cc(CC)c(OC)cc4c23)CC1.C=N.CC.CNC(=O)c1ccc(F)cc1. The number of piperazine rings is 1. The third-order valence-electron chi connectivity index (χ3n) is 7.79. The molecular formula is C39H49FN8O2. The number of terminal acetylenes is 1. The Hall–Kier alpha value is -5.89. The Morgan fingerprint density at radius 1 is 1.02 bits per heavy atom. The molecule has 6 rings (SSSR count). The quantitative estimate of drug-likeness (QED) is 0.104. The van der Waals surface area contributed by atoms with E-state index >= 15 is 0 Å². The van der Waals surface area contributed by atoms with E-state index in [1.807, 2.05) is 13.8 Å². The number of aromatic nitrogens is 3. The molecule has 0 aliphatic carbocycles. The molecule has 50 heavy (non-hydrogen) atoms. The molecular weight excluding hydrogens is 631 g/mol. The van der Waals surface area contributed by atoms with E-state index in [-0.39, 0.29) is 11.7 Å². The Kier molecular flexibility index (Phi) is 16.5. The summed E-state index contributed by atoms with van der Waals surface area (Å²) in [6, 6.07) is 18.0. The normalized spacial score (nSPS) is 11.6. The average molecular weight is 681 g/mol. The van der Waals surface area contributed by atoms with Gasteiger partial charge in [-0.25, -0.2) is 14.4 Å². The lowest BCUT2D eigenvalue weighted by molar-refractivity contribution is 0.0963. The van der Waals surface area contributed by atoms with E-state index < -0.39 is 0 Å². The van der Waals surface area contributed by atoms with E-state index in [0.717, 1.165) is 77.6 Å². The van der Waals surface area contributed by atoms with Crippen molar-refractivity contribution in [2.45, 2.75) is 34.1 Å². The fourth-order valence-electron chi connectivity index (χ4n) is 5.30. The van der Waals surface area contributed by atoms with Crippen LogP contribution in [-0.4, -0.2) is 72.8 Å². The van der Waals surface area contributed by atoms with Crippen LogP contribution in [0.15, 0.2) is 79.4 Å². The summed E-state index contributed by atoms with van der Waals surface area (Å²) in [6.07, 6.45) is 10.6. The van der Waals surface area contributed by atoms with Crippen LogP contribution in [0.5, 0.6) is 5.75 Å². The number of halogens is 1. The van der Waals surface area contributed by atoms with Crippen LogP contribution in [0.4, 0.5) is 15.9 Å². The third kappa shape index (κ3) is 10.1. The number of H-pyrrole nitrogens is 1. The molecule has 5 aromatic rings. The minimum atomic E-state index is -0.336. The van der Waals surface area contributed by atoms with Crippen LogP contribution in [0.1, 0.15) is 42.3 Å². The van der Waals surface area contributed by atoms with Crippen molar-refractivity contribution in [1.82, 2.24) is 25.2 Å². The van der Waals surface area contributed by atoms with Crippen molar-refractivity contribution in [3.8, 4) is 18.6 Å². The number of rotatable bonds is 7. The van der Waals surface area contributed by atoms with Crippen LogP contribution in [0.25, 0.3) is 21.9 Å². The fraction of sp³-hybridized carbons (Fsp3) is 0.282. The van der Waals surface area contributed by atoms with E-state index in [1.165, 1.54) is 42.4 Å². The van der Waals surface area contributed by atoms with Crippen LogP contribution in [0.2, 0.25) is 0 Å². The lowest BCUT2D eigenvalue weighted by Gasteiger charge is -2.37. The number of hydrogen-bond donors (Lipinski definition) is 4. The van der Waals surface area contributed by atoms with Crippen molar-refractivity contribution >= 4 is 46.1 Å². The number of fused-ring (bicyclic) bond motifs is 3. The molecule has 10 nitrogen and oxygen atoms in total. The summed E-state index contributed by atoms with van der Waals surface area (Å²) < 4.78 is 18.0. The van der Waals surface area contributed by atoms with Gasteiger partial charge in [-0.3, -0.25) is 4.79 Å². The second-order valence-corrected chi connectivity index (χ2v) is 10.6. The number of anilines is 2. The predicted octanol–water partition coefficient (Wildman–Crippen LogP) is 7.42. The molecule has 1 fully saturated rings. The minimum Gasteiger partial charge on any atom is -0.496 e. The van der Waals surface area contributed by atoms with Crippen LogP contribution < -0.4 is 20.3 Å². The first kappa shape index (κ1) is 40.3. The number of aromatic amines is 1. The monoisotopic (exact) mass is 680 g/mol. The maximum absolute atomic E-state index is 12.3. The summed E-state index contributed by atoms with van der Waals surface area (Å²) in [5.74, 6) is 2.26. The number of amides is 1. The maximum atomic E-state index is 12.3. The van der Waals surface area contributed by atoms with Crippen molar-refractivity contribution < 1.29 is 13.9 Å². The number of carbonyl (C=O) groups is 1. The molecule has 1 aliphatic rings. The number of methoxy groups -OCH3 is 1. The van der Waals surface area contributed by atoms with Gasteiger partial charge in [-0.05, 0) is 74.2 Å². The zero-order chi connectivity index (χ0) is 37.2. The second kappa shape index (κ2) is 20.5. The van der Waals surface area contributed by atoms with Gasteiger partial charge in [0, 0.05) is 55.4 Å². The predicted molar refractivity (Wildman–Crippen MR) is 206 cm³/mol. The van der Waals surface area contributed by atoms with Crippen LogP contribution in [0.3, 0.4) is 0 Å². The summed E-state index contributed by atoms with van der Waals surface area (Å²) in [7, 11) is 3.26. The molecule has 1 amide bonds. The highest BCUT2D eigenvalue weighted by atomic mass is 19.1. The van der Waals surface area contributed by atoms with Gasteiger partial charge in [0.1, 0.15) is 29.4 Å². The Morgan fingerprint density at radius 2 is 1.64 bits per heavy atom. The molecule has 4 N–H and O–H groups in total. The van der Waals surface area contributed by atoms with Crippen molar-refractivity contribution in [1.29, 1.82) is 5.41 Å². The Labute approximate surface area is 295 Å². The molecule has 1 aliphatic heterocycles. The second-order valence-electron chi connectivity index (χ2n) is 10.6. The van der Waals surface area contributed by atoms with Crippen molar-refractivity contribution in [2.75, 3.05) is 50.6 Å². The highest BCUT2D eigenvalue weighted by Crippen LogP contribution is 2.35. The zero-order valence-corrected chi connectivity index (χ0v) is 29.9. The molecule has 0 saturated carbocycles. The molecule has 3 heterocycles. The summed E-state index contributed by atoms with van der Waals surface area (Å²) in [5, 5.41) is 13.5. The summed E-state index contributed by atoms with van der Waals surface area (Å²) >= 11 is 0. The molecule has 264 valence electrons. The summed E-state index contributed by atoms with van der Waals surface area (Å²) in [6.45, 7) is 18.4. The molecule has 0 radical (unpaired) electrons. The van der Waals surface area contributed by atoms with Gasteiger partial charge >= 0.3 is 0 Å². The van der Waals surface area contributed by atoms with Gasteiger partial charge < -0.3 is 35.6 Å². The van der Waals surface area contributed by atoms with E-state index in [2.05, 4.69) is 107 Å². The van der Waals surface area contributed by atoms with Crippen molar-refractivity contribution in [3.63, 3.8) is 0 Å². The Morgan fingerprint density at radius 3 is 2.20 bits per heavy atom. The average Bonchev–Trinajstić information content (AvgIpc) is 3.55. The minimum absolute atomic E-state index is 0.204. The smallest absolute Gasteiger partial charge is 0.251 e. The highest BCUT2D eigenvalue weighted by Gasteiger charge is 2.23. The fourth-order valence-corrected chi connectivity index (χ4v) is 5.30. The molecule has 0 unspecified atom stereocenters. The first-order chi connectivity index (χ1) is 24.3. The maximum Gasteiger partial charge on any atom is 0.251 e. The van der Waals surface area contributed by atoms with Gasteiger partial charge in [-0.1, -0.05) is 45.0 Å². The summed E-state index contributed by atoms with van der Waals surface area (Å²) in [5.41, 5.74) is 5.88. The van der Waals surface area contributed by atoms with Gasteiger partial charge in [-0.15, -0.1) is 12.8 Å². The summed E-state index contributed by atoms with van der Waals surface area (Å²) in [4.78, 5) is 28.2. The number of benzene rings is 3. The lowest BCUT2D eigenvalue weighted by atomic mass is 10.1. The number of nitrogens with zero attached hydrogens (tertiary/aromatic N) is 4. The number of hydrogen-bond acceptors (Lipinski definition) is 8. The van der Waals surface area contributed by atoms with Crippen molar-refractivity contribution in [3.05, 3.63) is 102 Å². The van der Waals surface area contributed by atoms with E-state index in [1.54, 1.807) is 13.4 Å². The van der Waals surface area contributed by atoms with E-state index in [9.17, 15) is 9.18 Å². The largest absolute Gasteiger partial charge is 0.496 e. The van der Waals surface area contributed by atoms with Crippen LogP contribution >= 0.6 is 0 Å². The van der Waals surface area contributed by atoms with Gasteiger partial charge in [-0.2, -0.15) is 0 Å². The van der Waals surface area contributed by atoms with Gasteiger partial charge in [0.15, 0.2) is 0 Å². The van der Waals surface area contributed by atoms with Gasteiger partial charge in [0.05, 0.1) is 18.3 Å². The third-order valence-corrected chi connectivity index (χ3v) is 7.79. The van der Waals surface area contributed by atoms with Crippen LogP contribution in [-0.2, 0) is 6.42 Å².